The molecule has 0 amide bonds. The summed E-state index contributed by atoms with van der Waals surface area (Å²) >= 11 is 0. The summed E-state index contributed by atoms with van der Waals surface area (Å²) in [4.78, 5) is 2.61. The fourth-order valence-corrected chi connectivity index (χ4v) is 2.74. The predicted molar refractivity (Wildman–Crippen MR) is 74.4 cm³/mol. The maximum Gasteiger partial charge on any atom is 0.0534 e. The van der Waals surface area contributed by atoms with Gasteiger partial charge in [0.1, 0.15) is 0 Å². The van der Waals surface area contributed by atoms with E-state index in [0.29, 0.717) is 6.04 Å². The molecule has 0 saturated carbocycles. The Kier molecular flexibility index (Phi) is 4.07. The van der Waals surface area contributed by atoms with Crippen LogP contribution in [0.15, 0.2) is 12.4 Å². The number of nitrogens with zero attached hydrogens (tertiary/aromatic N) is 3. The molecular formula is C14H26N4. The summed E-state index contributed by atoms with van der Waals surface area (Å²) in [5.41, 5.74) is 1.57. The van der Waals surface area contributed by atoms with Gasteiger partial charge in [0.05, 0.1) is 6.20 Å². The zero-order valence-corrected chi connectivity index (χ0v) is 12.1. The van der Waals surface area contributed by atoms with Gasteiger partial charge in [-0.15, -0.1) is 0 Å². The van der Waals surface area contributed by atoms with Crippen LogP contribution in [0.25, 0.3) is 0 Å². The van der Waals surface area contributed by atoms with Crippen LogP contribution in [0.5, 0.6) is 0 Å². The first-order valence-electron chi connectivity index (χ1n) is 7.03. The molecule has 2 unspecified atom stereocenters. The first-order chi connectivity index (χ1) is 8.56. The number of piperazine rings is 1. The van der Waals surface area contributed by atoms with Crippen LogP contribution in [-0.2, 0) is 13.6 Å². The quantitative estimate of drug-likeness (QED) is 0.884. The molecule has 0 aliphatic carbocycles. The molecule has 1 aliphatic rings. The van der Waals surface area contributed by atoms with Gasteiger partial charge in [-0.2, -0.15) is 5.10 Å². The molecule has 0 bridgehead atoms. The van der Waals surface area contributed by atoms with Crippen molar-refractivity contribution in [1.29, 1.82) is 0 Å². The molecule has 18 heavy (non-hydrogen) atoms. The van der Waals surface area contributed by atoms with E-state index in [1.54, 1.807) is 0 Å². The molecule has 4 heteroatoms. The molecule has 0 radical (unpaired) electrons. The Balaban J connectivity index is 2.06. The minimum Gasteiger partial charge on any atom is -0.309 e. The minimum absolute atomic E-state index is 0.258. The summed E-state index contributed by atoms with van der Waals surface area (Å²) in [6.07, 6.45) is 6.48. The summed E-state index contributed by atoms with van der Waals surface area (Å²) < 4.78 is 1.89. The predicted octanol–water partition coefficient (Wildman–Crippen LogP) is 1.77. The molecule has 4 nitrogen and oxygen atoms in total. The van der Waals surface area contributed by atoms with E-state index in [-0.39, 0.29) is 5.54 Å². The second kappa shape index (κ2) is 5.41. The van der Waals surface area contributed by atoms with Crippen molar-refractivity contribution in [3.63, 3.8) is 0 Å². The molecule has 1 aromatic rings. The molecule has 1 saturated heterocycles. The van der Waals surface area contributed by atoms with E-state index in [4.69, 9.17) is 0 Å². The van der Waals surface area contributed by atoms with Gasteiger partial charge in [-0.1, -0.05) is 13.8 Å². The van der Waals surface area contributed by atoms with Gasteiger partial charge in [-0.3, -0.25) is 9.58 Å². The maximum absolute atomic E-state index is 4.26. The third-order valence-corrected chi connectivity index (χ3v) is 4.23. The first kappa shape index (κ1) is 13.6. The van der Waals surface area contributed by atoms with Crippen molar-refractivity contribution in [3.05, 3.63) is 18.0 Å². The highest BCUT2D eigenvalue weighted by molar-refractivity contribution is 5.05. The second-order valence-corrected chi connectivity index (χ2v) is 5.78. The Hall–Kier alpha value is -0.870. The summed E-state index contributed by atoms with van der Waals surface area (Å²) in [5, 5.41) is 7.97. The van der Waals surface area contributed by atoms with Gasteiger partial charge >= 0.3 is 0 Å². The van der Waals surface area contributed by atoms with E-state index in [1.165, 1.54) is 18.4 Å². The van der Waals surface area contributed by atoms with E-state index in [0.717, 1.165) is 19.6 Å². The van der Waals surface area contributed by atoms with Gasteiger partial charge in [-0.25, -0.2) is 0 Å². The summed E-state index contributed by atoms with van der Waals surface area (Å²) in [5.74, 6) is 0. The van der Waals surface area contributed by atoms with Gasteiger partial charge in [0.25, 0.3) is 0 Å². The maximum atomic E-state index is 4.26. The van der Waals surface area contributed by atoms with Crippen molar-refractivity contribution in [1.82, 2.24) is 20.0 Å². The van der Waals surface area contributed by atoms with Crippen LogP contribution < -0.4 is 5.32 Å². The van der Waals surface area contributed by atoms with Crippen molar-refractivity contribution in [3.8, 4) is 0 Å². The average Bonchev–Trinajstić information content (AvgIpc) is 2.75. The zero-order chi connectivity index (χ0) is 13.2. The number of rotatable bonds is 4. The Labute approximate surface area is 110 Å². The average molecular weight is 250 g/mol. The summed E-state index contributed by atoms with van der Waals surface area (Å²) in [6.45, 7) is 10.1. The molecule has 1 aliphatic heterocycles. The number of hydrogen-bond donors (Lipinski definition) is 1. The highest BCUT2D eigenvalue weighted by atomic mass is 15.3. The van der Waals surface area contributed by atoms with Gasteiger partial charge in [-0.05, 0) is 19.8 Å². The molecule has 0 spiro atoms. The molecular weight excluding hydrogens is 224 g/mol. The zero-order valence-electron chi connectivity index (χ0n) is 12.1. The molecule has 0 aromatic carbocycles. The lowest BCUT2D eigenvalue weighted by atomic mass is 9.92. The molecule has 102 valence electrons. The lowest BCUT2D eigenvalue weighted by Crippen LogP contribution is -2.62. The molecule has 1 aromatic heterocycles. The Morgan fingerprint density at radius 2 is 2.28 bits per heavy atom. The lowest BCUT2D eigenvalue weighted by molar-refractivity contribution is 0.0755. The van der Waals surface area contributed by atoms with Crippen LogP contribution in [0.1, 0.15) is 39.2 Å². The van der Waals surface area contributed by atoms with Crippen LogP contribution >= 0.6 is 0 Å². The van der Waals surface area contributed by atoms with E-state index in [9.17, 15) is 0 Å². The number of aromatic nitrogens is 2. The Morgan fingerprint density at radius 1 is 1.50 bits per heavy atom. The van der Waals surface area contributed by atoms with Crippen LogP contribution in [0.2, 0.25) is 0 Å². The standard InChI is InChI=1S/C14H26N4/c1-5-13-8-15-14(3,6-2)11-18(13)10-12-7-16-17(4)9-12/h7,9,13,15H,5-6,8,10-11H2,1-4H3. The lowest BCUT2D eigenvalue weighted by Gasteiger charge is -2.45. The number of aryl methyl sites for hydroxylation is 1. The third kappa shape index (κ3) is 2.93. The Morgan fingerprint density at radius 3 is 2.83 bits per heavy atom. The fraction of sp³-hybridized carbons (Fsp3) is 0.786. The minimum atomic E-state index is 0.258. The fourth-order valence-electron chi connectivity index (χ4n) is 2.74. The first-order valence-corrected chi connectivity index (χ1v) is 7.03. The number of nitrogens with one attached hydrogen (secondary N) is 1. The highest BCUT2D eigenvalue weighted by Gasteiger charge is 2.33. The largest absolute Gasteiger partial charge is 0.309 e. The monoisotopic (exact) mass is 250 g/mol. The molecule has 1 N–H and O–H groups in total. The highest BCUT2D eigenvalue weighted by Crippen LogP contribution is 2.22. The van der Waals surface area contributed by atoms with Crippen molar-refractivity contribution >= 4 is 0 Å². The summed E-state index contributed by atoms with van der Waals surface area (Å²) in [6, 6.07) is 0.643. The van der Waals surface area contributed by atoms with E-state index < -0.39 is 0 Å². The molecule has 1 fully saturated rings. The van der Waals surface area contributed by atoms with E-state index in [2.05, 4.69) is 42.3 Å². The summed E-state index contributed by atoms with van der Waals surface area (Å²) in [7, 11) is 1.98. The molecule has 2 rings (SSSR count). The van der Waals surface area contributed by atoms with Crippen LogP contribution in [-0.4, -0.2) is 39.4 Å². The smallest absolute Gasteiger partial charge is 0.0534 e. The van der Waals surface area contributed by atoms with E-state index in [1.807, 2.05) is 17.9 Å². The van der Waals surface area contributed by atoms with Crippen LogP contribution in [0.4, 0.5) is 0 Å². The van der Waals surface area contributed by atoms with Crippen LogP contribution in [0.3, 0.4) is 0 Å². The van der Waals surface area contributed by atoms with E-state index >= 15 is 0 Å². The van der Waals surface area contributed by atoms with Gasteiger partial charge in [0.15, 0.2) is 0 Å². The van der Waals surface area contributed by atoms with Crippen LogP contribution in [0, 0.1) is 0 Å². The van der Waals surface area contributed by atoms with Crippen molar-refractivity contribution in [2.45, 2.75) is 51.7 Å². The SMILES string of the molecule is CCC1CNC(C)(CC)CN1Cc1cnn(C)c1. The second-order valence-electron chi connectivity index (χ2n) is 5.78. The van der Waals surface area contributed by atoms with Crippen molar-refractivity contribution in [2.24, 2.45) is 7.05 Å². The van der Waals surface area contributed by atoms with Gasteiger partial charge < -0.3 is 5.32 Å². The van der Waals surface area contributed by atoms with Crippen molar-refractivity contribution in [2.75, 3.05) is 13.1 Å². The topological polar surface area (TPSA) is 33.1 Å². The number of hydrogen-bond acceptors (Lipinski definition) is 3. The third-order valence-electron chi connectivity index (χ3n) is 4.23. The molecule has 2 atom stereocenters. The molecule has 2 heterocycles. The van der Waals surface area contributed by atoms with Gasteiger partial charge in [0, 0.05) is 50.0 Å². The Bertz CT molecular complexity index is 387. The normalized spacial score (nSPS) is 29.7. The van der Waals surface area contributed by atoms with Gasteiger partial charge in [0.2, 0.25) is 0 Å². The van der Waals surface area contributed by atoms with Crippen molar-refractivity contribution < 1.29 is 0 Å².